The van der Waals surface area contributed by atoms with Gasteiger partial charge in [0.15, 0.2) is 0 Å². The molecule has 0 saturated carbocycles. The Morgan fingerprint density at radius 3 is 2.62 bits per heavy atom. The van der Waals surface area contributed by atoms with E-state index in [0.29, 0.717) is 5.56 Å². The Morgan fingerprint density at radius 1 is 1.50 bits per heavy atom. The normalized spacial score (nSPS) is 11.2. The van der Waals surface area contributed by atoms with E-state index in [1.807, 2.05) is 0 Å². The molecule has 0 radical (unpaired) electrons. The summed E-state index contributed by atoms with van der Waals surface area (Å²) in [6, 6.07) is 4.25. The number of nitrogens with one attached hydrogen (secondary N) is 1. The molecule has 1 amide bonds. The molecule has 88 valence electrons. The van der Waals surface area contributed by atoms with Gasteiger partial charge >= 0.3 is 0 Å². The van der Waals surface area contributed by atoms with Gasteiger partial charge in [0.1, 0.15) is 5.75 Å². The van der Waals surface area contributed by atoms with Gasteiger partial charge in [-0.1, -0.05) is 0 Å². The largest absolute Gasteiger partial charge is 0.506 e. The number of anilines is 1. The number of carbonyl (C=O) groups is 1. The minimum Gasteiger partial charge on any atom is -0.506 e. The maximum Gasteiger partial charge on any atom is 0.251 e. The first-order chi connectivity index (χ1) is 7.29. The molecule has 0 atom stereocenters. The lowest BCUT2D eigenvalue weighted by Gasteiger charge is -2.17. The number of aromatic hydroxyl groups is 1. The van der Waals surface area contributed by atoms with Gasteiger partial charge < -0.3 is 21.3 Å². The molecule has 5 N–H and O–H groups in total. The number of nitrogen functional groups attached to an aromatic ring is 1. The van der Waals surface area contributed by atoms with Gasteiger partial charge in [-0.3, -0.25) is 4.79 Å². The summed E-state index contributed by atoms with van der Waals surface area (Å²) in [5.74, 6) is -0.492. The number of hydrogen-bond donors (Lipinski definition) is 4. The maximum absolute atomic E-state index is 11.6. The molecule has 16 heavy (non-hydrogen) atoms. The van der Waals surface area contributed by atoms with E-state index >= 15 is 0 Å². The SMILES string of the molecule is CC(C)(O)CNC(=O)c1ccc(N)c(O)c1. The fourth-order valence-corrected chi connectivity index (χ4v) is 1.08. The molecule has 1 aromatic rings. The number of rotatable bonds is 3. The molecule has 0 bridgehead atoms. The molecular weight excluding hydrogens is 208 g/mol. The Morgan fingerprint density at radius 2 is 2.12 bits per heavy atom. The minimum absolute atomic E-state index is 0.129. The molecule has 0 spiro atoms. The molecule has 5 nitrogen and oxygen atoms in total. The second-order valence-electron chi connectivity index (χ2n) is 4.27. The number of hydrogen-bond acceptors (Lipinski definition) is 4. The Balaban J connectivity index is 2.70. The minimum atomic E-state index is -0.967. The van der Waals surface area contributed by atoms with Crippen LogP contribution in [0.25, 0.3) is 0 Å². The van der Waals surface area contributed by atoms with Gasteiger partial charge in [-0.05, 0) is 32.0 Å². The molecule has 1 rings (SSSR count). The highest BCUT2D eigenvalue weighted by atomic mass is 16.3. The topological polar surface area (TPSA) is 95.6 Å². The zero-order valence-electron chi connectivity index (χ0n) is 9.32. The van der Waals surface area contributed by atoms with Crippen molar-refractivity contribution >= 4 is 11.6 Å². The van der Waals surface area contributed by atoms with Crippen LogP contribution in [0.4, 0.5) is 5.69 Å². The van der Waals surface area contributed by atoms with Crippen LogP contribution in [-0.4, -0.2) is 28.3 Å². The lowest BCUT2D eigenvalue weighted by atomic mass is 10.1. The van der Waals surface area contributed by atoms with Crippen molar-refractivity contribution < 1.29 is 15.0 Å². The molecule has 0 aliphatic rings. The fourth-order valence-electron chi connectivity index (χ4n) is 1.08. The Labute approximate surface area is 93.9 Å². The third-order valence-electron chi connectivity index (χ3n) is 1.97. The average molecular weight is 224 g/mol. The van der Waals surface area contributed by atoms with E-state index in [2.05, 4.69) is 5.32 Å². The second-order valence-corrected chi connectivity index (χ2v) is 4.27. The monoisotopic (exact) mass is 224 g/mol. The van der Waals surface area contributed by atoms with E-state index in [1.165, 1.54) is 18.2 Å². The average Bonchev–Trinajstić information content (AvgIpc) is 2.17. The number of phenolic OH excluding ortho intramolecular Hbond substituents is 1. The number of phenols is 1. The van der Waals surface area contributed by atoms with Gasteiger partial charge in [-0.15, -0.1) is 0 Å². The Bertz CT molecular complexity index is 397. The van der Waals surface area contributed by atoms with Crippen molar-refractivity contribution in [3.8, 4) is 5.75 Å². The third kappa shape index (κ3) is 3.43. The quantitative estimate of drug-likeness (QED) is 0.443. The van der Waals surface area contributed by atoms with E-state index in [1.54, 1.807) is 13.8 Å². The zero-order chi connectivity index (χ0) is 12.3. The van der Waals surface area contributed by atoms with Crippen molar-refractivity contribution in [3.05, 3.63) is 23.8 Å². The van der Waals surface area contributed by atoms with Crippen LogP contribution < -0.4 is 11.1 Å². The second kappa shape index (κ2) is 4.40. The van der Waals surface area contributed by atoms with Crippen LogP contribution in [0.3, 0.4) is 0 Å². The molecule has 0 heterocycles. The van der Waals surface area contributed by atoms with E-state index in [-0.39, 0.29) is 23.9 Å². The van der Waals surface area contributed by atoms with Crippen molar-refractivity contribution in [1.82, 2.24) is 5.32 Å². The molecular formula is C11H16N2O3. The van der Waals surface area contributed by atoms with Gasteiger partial charge in [0.05, 0.1) is 11.3 Å². The number of amides is 1. The highest BCUT2D eigenvalue weighted by molar-refractivity contribution is 5.95. The standard InChI is InChI=1S/C11H16N2O3/c1-11(2,16)6-13-10(15)7-3-4-8(12)9(14)5-7/h3-5,14,16H,6,12H2,1-2H3,(H,13,15). The van der Waals surface area contributed by atoms with Crippen molar-refractivity contribution in [3.63, 3.8) is 0 Å². The summed E-state index contributed by atoms with van der Waals surface area (Å²) in [5, 5.41) is 21.3. The summed E-state index contributed by atoms with van der Waals surface area (Å²) in [7, 11) is 0. The number of carbonyl (C=O) groups excluding carboxylic acids is 1. The van der Waals surface area contributed by atoms with E-state index in [0.717, 1.165) is 0 Å². The maximum atomic E-state index is 11.6. The predicted molar refractivity (Wildman–Crippen MR) is 61.2 cm³/mol. The van der Waals surface area contributed by atoms with Crippen LogP contribution in [0.1, 0.15) is 24.2 Å². The molecule has 1 aromatic carbocycles. The lowest BCUT2D eigenvalue weighted by Crippen LogP contribution is -2.38. The van der Waals surface area contributed by atoms with Crippen molar-refractivity contribution in [2.75, 3.05) is 12.3 Å². The number of benzene rings is 1. The summed E-state index contributed by atoms with van der Waals surface area (Å²) < 4.78 is 0. The van der Waals surface area contributed by atoms with Gasteiger partial charge in [0.2, 0.25) is 0 Å². The van der Waals surface area contributed by atoms with Gasteiger partial charge in [0, 0.05) is 12.1 Å². The van der Waals surface area contributed by atoms with Crippen molar-refractivity contribution in [2.45, 2.75) is 19.4 Å². The van der Waals surface area contributed by atoms with Crippen LogP contribution in [0, 0.1) is 0 Å². The van der Waals surface area contributed by atoms with Gasteiger partial charge in [0.25, 0.3) is 5.91 Å². The molecule has 0 fully saturated rings. The smallest absolute Gasteiger partial charge is 0.251 e. The Kier molecular flexibility index (Phi) is 3.39. The van der Waals surface area contributed by atoms with Crippen LogP contribution in [-0.2, 0) is 0 Å². The molecule has 0 unspecified atom stereocenters. The first kappa shape index (κ1) is 12.3. The summed E-state index contributed by atoms with van der Waals surface area (Å²) in [5.41, 5.74) is 4.97. The number of aliphatic hydroxyl groups is 1. The van der Waals surface area contributed by atoms with Gasteiger partial charge in [-0.25, -0.2) is 0 Å². The number of nitrogens with two attached hydrogens (primary N) is 1. The summed E-state index contributed by atoms with van der Waals surface area (Å²) in [4.78, 5) is 11.6. The molecule has 0 saturated heterocycles. The molecule has 0 aliphatic heterocycles. The predicted octanol–water partition coefficient (Wildman–Crippen LogP) is 0.475. The fraction of sp³-hybridized carbons (Fsp3) is 0.364. The van der Waals surface area contributed by atoms with Crippen molar-refractivity contribution in [1.29, 1.82) is 0 Å². The highest BCUT2D eigenvalue weighted by Crippen LogP contribution is 2.20. The van der Waals surface area contributed by atoms with E-state index in [4.69, 9.17) is 5.73 Å². The van der Waals surface area contributed by atoms with Crippen molar-refractivity contribution in [2.24, 2.45) is 0 Å². The van der Waals surface area contributed by atoms with E-state index in [9.17, 15) is 15.0 Å². The zero-order valence-corrected chi connectivity index (χ0v) is 9.32. The highest BCUT2D eigenvalue weighted by Gasteiger charge is 2.15. The third-order valence-corrected chi connectivity index (χ3v) is 1.97. The van der Waals surface area contributed by atoms with Crippen LogP contribution in [0.5, 0.6) is 5.75 Å². The molecule has 0 aliphatic carbocycles. The summed E-state index contributed by atoms with van der Waals surface area (Å²) in [6.07, 6.45) is 0. The molecule has 5 heteroatoms. The first-order valence-corrected chi connectivity index (χ1v) is 4.89. The van der Waals surface area contributed by atoms with E-state index < -0.39 is 5.60 Å². The first-order valence-electron chi connectivity index (χ1n) is 4.89. The van der Waals surface area contributed by atoms with Crippen LogP contribution >= 0.6 is 0 Å². The van der Waals surface area contributed by atoms with Crippen LogP contribution in [0.15, 0.2) is 18.2 Å². The molecule has 0 aromatic heterocycles. The lowest BCUT2D eigenvalue weighted by molar-refractivity contribution is 0.0694. The Hall–Kier alpha value is -1.75. The summed E-state index contributed by atoms with van der Waals surface area (Å²) in [6.45, 7) is 3.32. The van der Waals surface area contributed by atoms with Crippen LogP contribution in [0.2, 0.25) is 0 Å². The van der Waals surface area contributed by atoms with Gasteiger partial charge in [-0.2, -0.15) is 0 Å². The summed E-state index contributed by atoms with van der Waals surface area (Å²) >= 11 is 0.